The molecule has 4 nitrogen and oxygen atoms in total. The minimum absolute atomic E-state index is 0.00713. The molecule has 0 aromatic heterocycles. The van der Waals surface area contributed by atoms with E-state index in [0.717, 1.165) is 28.9 Å². The van der Waals surface area contributed by atoms with E-state index in [-0.39, 0.29) is 5.91 Å². The highest BCUT2D eigenvalue weighted by Gasteiger charge is 2.09. The van der Waals surface area contributed by atoms with Crippen LogP contribution < -0.4 is 11.1 Å². The second-order valence-corrected chi connectivity index (χ2v) is 5.48. The van der Waals surface area contributed by atoms with Crippen molar-refractivity contribution in [3.05, 3.63) is 59.7 Å². The zero-order valence-corrected chi connectivity index (χ0v) is 13.2. The van der Waals surface area contributed by atoms with E-state index in [9.17, 15) is 4.79 Å². The number of likely N-dealkylation sites (N-methyl/N-ethyl adjacent to an activating group) is 1. The number of hydrogen-bond donors (Lipinski definition) is 2. The van der Waals surface area contributed by atoms with Crippen molar-refractivity contribution in [3.63, 3.8) is 0 Å². The van der Waals surface area contributed by atoms with Gasteiger partial charge in [-0.1, -0.05) is 37.3 Å². The maximum Gasteiger partial charge on any atom is 0.238 e. The van der Waals surface area contributed by atoms with Crippen LogP contribution in [0.4, 0.5) is 11.4 Å². The number of hydrogen-bond acceptors (Lipinski definition) is 3. The largest absolute Gasteiger partial charge is 0.399 e. The Labute approximate surface area is 131 Å². The lowest BCUT2D eigenvalue weighted by Crippen LogP contribution is -2.30. The topological polar surface area (TPSA) is 58.4 Å². The Morgan fingerprint density at radius 3 is 2.68 bits per heavy atom. The number of para-hydroxylation sites is 1. The standard InChI is InChI=1S/C18H23N3O/c1-3-15-8-4-5-10-17(15)20-18(22)13-21(2)12-14-7-6-9-16(19)11-14/h4-11H,3,12-13,19H2,1-2H3,(H,20,22). The van der Waals surface area contributed by atoms with Crippen LogP contribution in [0, 0.1) is 0 Å². The van der Waals surface area contributed by atoms with E-state index in [1.807, 2.05) is 60.5 Å². The predicted molar refractivity (Wildman–Crippen MR) is 91.6 cm³/mol. The molecule has 0 aliphatic carbocycles. The fourth-order valence-corrected chi connectivity index (χ4v) is 2.44. The molecule has 0 aliphatic heterocycles. The molecule has 1 amide bonds. The number of anilines is 2. The van der Waals surface area contributed by atoms with Crippen molar-refractivity contribution in [3.8, 4) is 0 Å². The number of rotatable bonds is 6. The van der Waals surface area contributed by atoms with Gasteiger partial charge in [-0.2, -0.15) is 0 Å². The second kappa shape index (κ2) is 7.61. The number of benzene rings is 2. The Kier molecular flexibility index (Phi) is 5.55. The maximum absolute atomic E-state index is 12.2. The van der Waals surface area contributed by atoms with E-state index in [0.29, 0.717) is 13.1 Å². The minimum atomic E-state index is -0.00713. The summed E-state index contributed by atoms with van der Waals surface area (Å²) in [5.41, 5.74) is 9.66. The molecular formula is C18H23N3O. The Balaban J connectivity index is 1.91. The van der Waals surface area contributed by atoms with Gasteiger partial charge in [0.05, 0.1) is 6.54 Å². The number of aryl methyl sites for hydroxylation is 1. The molecule has 2 aromatic rings. The number of nitrogens with zero attached hydrogens (tertiary/aromatic N) is 1. The summed E-state index contributed by atoms with van der Waals surface area (Å²) < 4.78 is 0. The summed E-state index contributed by atoms with van der Waals surface area (Å²) in [5, 5.41) is 2.98. The predicted octanol–water partition coefficient (Wildman–Crippen LogP) is 2.90. The number of carbonyl (C=O) groups excluding carboxylic acids is 1. The summed E-state index contributed by atoms with van der Waals surface area (Å²) in [6, 6.07) is 15.6. The van der Waals surface area contributed by atoms with Crippen LogP contribution in [0.5, 0.6) is 0 Å². The number of nitrogen functional groups attached to an aromatic ring is 1. The quantitative estimate of drug-likeness (QED) is 0.806. The van der Waals surface area contributed by atoms with Gasteiger partial charge in [0.1, 0.15) is 0 Å². The molecule has 0 atom stereocenters. The second-order valence-electron chi connectivity index (χ2n) is 5.48. The molecule has 0 aliphatic rings. The Morgan fingerprint density at radius 2 is 1.95 bits per heavy atom. The molecule has 2 rings (SSSR count). The first-order chi connectivity index (χ1) is 10.6. The number of nitrogens with two attached hydrogens (primary N) is 1. The van der Waals surface area contributed by atoms with Gasteiger partial charge in [-0.05, 0) is 42.8 Å². The molecule has 116 valence electrons. The lowest BCUT2D eigenvalue weighted by molar-refractivity contribution is -0.117. The first-order valence-electron chi connectivity index (χ1n) is 7.49. The van der Waals surface area contributed by atoms with Gasteiger partial charge in [0, 0.05) is 17.9 Å². The fourth-order valence-electron chi connectivity index (χ4n) is 2.44. The molecule has 0 spiro atoms. The van der Waals surface area contributed by atoms with Gasteiger partial charge >= 0.3 is 0 Å². The highest BCUT2D eigenvalue weighted by atomic mass is 16.2. The highest BCUT2D eigenvalue weighted by Crippen LogP contribution is 2.15. The molecule has 0 radical (unpaired) electrons. The molecule has 4 heteroatoms. The Hall–Kier alpha value is -2.33. The van der Waals surface area contributed by atoms with Crippen LogP contribution in [-0.2, 0) is 17.8 Å². The normalized spacial score (nSPS) is 10.7. The molecule has 0 saturated carbocycles. The molecule has 2 aromatic carbocycles. The molecule has 0 fully saturated rings. The third kappa shape index (κ3) is 4.60. The van der Waals surface area contributed by atoms with Crippen LogP contribution in [0.2, 0.25) is 0 Å². The van der Waals surface area contributed by atoms with Crippen molar-refractivity contribution in [2.24, 2.45) is 0 Å². The highest BCUT2D eigenvalue weighted by molar-refractivity contribution is 5.92. The van der Waals surface area contributed by atoms with Gasteiger partial charge in [0.25, 0.3) is 0 Å². The van der Waals surface area contributed by atoms with E-state index < -0.39 is 0 Å². The maximum atomic E-state index is 12.2. The lowest BCUT2D eigenvalue weighted by atomic mass is 10.1. The van der Waals surface area contributed by atoms with Crippen molar-refractivity contribution in [1.29, 1.82) is 0 Å². The van der Waals surface area contributed by atoms with Gasteiger partial charge in [-0.3, -0.25) is 9.69 Å². The van der Waals surface area contributed by atoms with Gasteiger partial charge in [0.15, 0.2) is 0 Å². The zero-order valence-electron chi connectivity index (χ0n) is 13.2. The molecule has 0 saturated heterocycles. The lowest BCUT2D eigenvalue weighted by Gasteiger charge is -2.17. The number of amides is 1. The van der Waals surface area contributed by atoms with E-state index in [4.69, 9.17) is 5.73 Å². The average Bonchev–Trinajstić information content (AvgIpc) is 2.47. The Bertz CT molecular complexity index is 640. The smallest absolute Gasteiger partial charge is 0.238 e. The van der Waals surface area contributed by atoms with E-state index in [1.165, 1.54) is 0 Å². The van der Waals surface area contributed by atoms with Gasteiger partial charge in [0.2, 0.25) is 5.91 Å². The summed E-state index contributed by atoms with van der Waals surface area (Å²) in [6.45, 7) is 3.11. The molecular weight excluding hydrogens is 274 g/mol. The first-order valence-corrected chi connectivity index (χ1v) is 7.49. The van der Waals surface area contributed by atoms with Crippen molar-refractivity contribution < 1.29 is 4.79 Å². The molecule has 0 heterocycles. The van der Waals surface area contributed by atoms with Gasteiger partial charge in [-0.25, -0.2) is 0 Å². The number of carbonyl (C=O) groups is 1. The molecule has 0 bridgehead atoms. The van der Waals surface area contributed by atoms with Gasteiger partial charge < -0.3 is 11.1 Å². The van der Waals surface area contributed by atoms with E-state index in [2.05, 4.69) is 12.2 Å². The zero-order chi connectivity index (χ0) is 15.9. The van der Waals surface area contributed by atoms with Gasteiger partial charge in [-0.15, -0.1) is 0 Å². The van der Waals surface area contributed by atoms with E-state index >= 15 is 0 Å². The van der Waals surface area contributed by atoms with Crippen LogP contribution in [-0.4, -0.2) is 24.4 Å². The van der Waals surface area contributed by atoms with Crippen LogP contribution in [0.15, 0.2) is 48.5 Å². The molecule has 0 unspecified atom stereocenters. The van der Waals surface area contributed by atoms with Crippen molar-refractivity contribution in [1.82, 2.24) is 4.90 Å². The molecule has 22 heavy (non-hydrogen) atoms. The van der Waals surface area contributed by atoms with Crippen LogP contribution >= 0.6 is 0 Å². The summed E-state index contributed by atoms with van der Waals surface area (Å²) in [4.78, 5) is 14.1. The monoisotopic (exact) mass is 297 g/mol. The molecule has 3 N–H and O–H groups in total. The summed E-state index contributed by atoms with van der Waals surface area (Å²) in [5.74, 6) is -0.00713. The third-order valence-electron chi connectivity index (χ3n) is 3.49. The van der Waals surface area contributed by atoms with Crippen molar-refractivity contribution in [2.45, 2.75) is 19.9 Å². The summed E-state index contributed by atoms with van der Waals surface area (Å²) in [6.07, 6.45) is 0.898. The summed E-state index contributed by atoms with van der Waals surface area (Å²) in [7, 11) is 1.93. The van der Waals surface area contributed by atoms with E-state index in [1.54, 1.807) is 0 Å². The van der Waals surface area contributed by atoms with Crippen LogP contribution in [0.1, 0.15) is 18.1 Å². The van der Waals surface area contributed by atoms with Crippen LogP contribution in [0.25, 0.3) is 0 Å². The van der Waals surface area contributed by atoms with Crippen molar-refractivity contribution >= 4 is 17.3 Å². The summed E-state index contributed by atoms with van der Waals surface area (Å²) >= 11 is 0. The number of nitrogens with one attached hydrogen (secondary N) is 1. The first kappa shape index (κ1) is 16.0. The third-order valence-corrected chi connectivity index (χ3v) is 3.49. The fraction of sp³-hybridized carbons (Fsp3) is 0.278. The van der Waals surface area contributed by atoms with Crippen molar-refractivity contribution in [2.75, 3.05) is 24.6 Å². The van der Waals surface area contributed by atoms with Crippen LogP contribution in [0.3, 0.4) is 0 Å². The Morgan fingerprint density at radius 1 is 1.18 bits per heavy atom. The SMILES string of the molecule is CCc1ccccc1NC(=O)CN(C)Cc1cccc(N)c1. The average molecular weight is 297 g/mol. The minimum Gasteiger partial charge on any atom is -0.399 e.